The number of para-hydroxylation sites is 1. The number of nitrogens with zero attached hydrogens (tertiary/aromatic N) is 5. The third-order valence-corrected chi connectivity index (χ3v) is 8.37. The van der Waals surface area contributed by atoms with E-state index in [1.807, 2.05) is 53.6 Å². The van der Waals surface area contributed by atoms with Gasteiger partial charge in [-0.05, 0) is 59.9 Å². The fourth-order valence-corrected chi connectivity index (χ4v) is 6.16. The Morgan fingerprint density at radius 2 is 1.83 bits per heavy atom. The molecule has 1 aliphatic heterocycles. The quantitative estimate of drug-likeness (QED) is 0.258. The first kappa shape index (κ1) is 27.2. The number of fused-ring (bicyclic) bond motifs is 2. The molecule has 5 aromatic rings. The minimum atomic E-state index is -0.701. The van der Waals surface area contributed by atoms with Crippen LogP contribution < -0.4 is 10.6 Å². The van der Waals surface area contributed by atoms with E-state index in [1.165, 1.54) is 6.08 Å². The fraction of sp³-hybridized carbons (Fsp3) is 0.281. The highest BCUT2D eigenvalue weighted by Crippen LogP contribution is 2.40. The third kappa shape index (κ3) is 4.72. The summed E-state index contributed by atoms with van der Waals surface area (Å²) < 4.78 is 1.72. The summed E-state index contributed by atoms with van der Waals surface area (Å²) in [5, 5.41) is 19.9. The molecule has 1 saturated heterocycles. The summed E-state index contributed by atoms with van der Waals surface area (Å²) in [7, 11) is 0. The van der Waals surface area contributed by atoms with Crippen molar-refractivity contribution in [1.29, 1.82) is 0 Å². The van der Waals surface area contributed by atoms with Crippen LogP contribution in [0.1, 0.15) is 30.9 Å². The highest BCUT2D eigenvalue weighted by atomic mass is 35.5. The molecule has 1 atom stereocenters. The lowest BCUT2D eigenvalue weighted by atomic mass is 9.95. The molecule has 0 aliphatic carbocycles. The second-order valence-corrected chi connectivity index (χ2v) is 11.3. The zero-order valence-electron chi connectivity index (χ0n) is 23.4. The summed E-state index contributed by atoms with van der Waals surface area (Å²) in [6.45, 7) is 12.4. The third-order valence-electron chi connectivity index (χ3n) is 8.06. The number of aryl methyl sites for hydroxylation is 1. The number of halogens is 1. The SMILES string of the molecule is C=CC(O)N1CCN(c2nc(=O)n(-c3ccccc3C(C)C)c3cc(-c4c(C)ccc5[nH]ncc45)c(Cl)cc23)CC1. The summed E-state index contributed by atoms with van der Waals surface area (Å²) in [4.78, 5) is 22.7. The van der Waals surface area contributed by atoms with E-state index >= 15 is 0 Å². The second-order valence-electron chi connectivity index (χ2n) is 10.9. The summed E-state index contributed by atoms with van der Waals surface area (Å²) in [5.41, 5.74) is 6.03. The van der Waals surface area contributed by atoms with Gasteiger partial charge in [-0.25, -0.2) is 4.79 Å². The van der Waals surface area contributed by atoms with Gasteiger partial charge in [-0.3, -0.25) is 14.6 Å². The van der Waals surface area contributed by atoms with E-state index in [0.29, 0.717) is 37.0 Å². The van der Waals surface area contributed by atoms with Gasteiger partial charge < -0.3 is 10.0 Å². The molecule has 3 aromatic carbocycles. The Kier molecular flexibility index (Phi) is 7.15. The number of piperazine rings is 1. The molecule has 1 unspecified atom stereocenters. The van der Waals surface area contributed by atoms with Crippen LogP contribution in [0.25, 0.3) is 38.6 Å². The monoisotopic (exact) mass is 568 g/mol. The molecule has 9 heteroatoms. The van der Waals surface area contributed by atoms with Crippen LogP contribution in [-0.4, -0.2) is 62.2 Å². The lowest BCUT2D eigenvalue weighted by molar-refractivity contribution is 0.0380. The minimum absolute atomic E-state index is 0.200. The van der Waals surface area contributed by atoms with Crippen LogP contribution in [0.4, 0.5) is 5.82 Å². The Morgan fingerprint density at radius 3 is 2.56 bits per heavy atom. The lowest BCUT2D eigenvalue weighted by Crippen LogP contribution is -2.50. The number of hydrogen-bond acceptors (Lipinski definition) is 6. The topological polar surface area (TPSA) is 90.3 Å². The standard InChI is InChI=1S/C32H33ClN6O2/c1-5-29(40)37-12-14-38(15-13-37)31-23-16-25(33)22(30-20(4)10-11-26-24(30)18-34-36-26)17-28(23)39(32(41)35-31)27-9-7-6-8-21(27)19(2)3/h5-11,16-19,29,40H,1,12-15H2,2-4H3,(H,34,36). The molecule has 0 saturated carbocycles. The van der Waals surface area contributed by atoms with E-state index in [4.69, 9.17) is 11.6 Å². The van der Waals surface area contributed by atoms with Crippen molar-refractivity contribution >= 4 is 39.2 Å². The van der Waals surface area contributed by atoms with E-state index in [0.717, 1.165) is 49.7 Å². The molecule has 2 N–H and O–H groups in total. The average molecular weight is 569 g/mol. The summed E-state index contributed by atoms with van der Waals surface area (Å²) in [5.74, 6) is 0.800. The van der Waals surface area contributed by atoms with Gasteiger partial charge >= 0.3 is 5.69 Å². The van der Waals surface area contributed by atoms with Crippen molar-refractivity contribution in [3.05, 3.63) is 94.0 Å². The van der Waals surface area contributed by atoms with Crippen LogP contribution in [0.15, 0.2) is 72.2 Å². The van der Waals surface area contributed by atoms with E-state index < -0.39 is 6.23 Å². The molecule has 6 rings (SSSR count). The molecular weight excluding hydrogens is 536 g/mol. The zero-order chi connectivity index (χ0) is 28.8. The van der Waals surface area contributed by atoms with Gasteiger partial charge in [-0.15, -0.1) is 0 Å². The molecule has 8 nitrogen and oxygen atoms in total. The number of H-pyrrole nitrogens is 1. The maximum atomic E-state index is 14.0. The molecule has 2 aromatic heterocycles. The van der Waals surface area contributed by atoms with Crippen LogP contribution in [-0.2, 0) is 0 Å². The first-order valence-corrected chi connectivity index (χ1v) is 14.2. The van der Waals surface area contributed by atoms with Crippen molar-refractivity contribution in [2.24, 2.45) is 0 Å². The minimum Gasteiger partial charge on any atom is -0.375 e. The second kappa shape index (κ2) is 10.8. The van der Waals surface area contributed by atoms with Gasteiger partial charge in [0.25, 0.3) is 0 Å². The number of nitrogens with one attached hydrogen (secondary N) is 1. The lowest BCUT2D eigenvalue weighted by Gasteiger charge is -2.37. The van der Waals surface area contributed by atoms with Gasteiger partial charge in [0, 0.05) is 47.5 Å². The van der Waals surface area contributed by atoms with Crippen molar-refractivity contribution in [2.45, 2.75) is 32.9 Å². The molecule has 3 heterocycles. The Balaban J connectivity index is 1.62. The fourth-order valence-electron chi connectivity index (χ4n) is 5.91. The average Bonchev–Trinajstić information content (AvgIpc) is 3.45. The Morgan fingerprint density at radius 1 is 1.07 bits per heavy atom. The molecule has 1 aliphatic rings. The van der Waals surface area contributed by atoms with Gasteiger partial charge in [0.2, 0.25) is 0 Å². The molecule has 41 heavy (non-hydrogen) atoms. The highest BCUT2D eigenvalue weighted by Gasteiger charge is 2.26. The van der Waals surface area contributed by atoms with Crippen molar-refractivity contribution in [3.63, 3.8) is 0 Å². The van der Waals surface area contributed by atoms with Gasteiger partial charge in [0.15, 0.2) is 0 Å². The van der Waals surface area contributed by atoms with Crippen molar-refractivity contribution in [3.8, 4) is 16.8 Å². The number of anilines is 1. The maximum absolute atomic E-state index is 14.0. The number of benzene rings is 3. The molecule has 0 bridgehead atoms. The zero-order valence-corrected chi connectivity index (χ0v) is 24.2. The number of aromatic amines is 1. The highest BCUT2D eigenvalue weighted by molar-refractivity contribution is 6.35. The van der Waals surface area contributed by atoms with Gasteiger partial charge in [-0.2, -0.15) is 10.1 Å². The smallest absolute Gasteiger partial charge is 0.354 e. The predicted molar refractivity (Wildman–Crippen MR) is 166 cm³/mol. The van der Waals surface area contributed by atoms with Crippen molar-refractivity contribution in [1.82, 2.24) is 24.6 Å². The molecule has 1 fully saturated rings. The summed E-state index contributed by atoms with van der Waals surface area (Å²) in [6, 6.07) is 16.0. The number of rotatable bonds is 6. The van der Waals surface area contributed by atoms with Crippen LogP contribution in [0.3, 0.4) is 0 Å². The van der Waals surface area contributed by atoms with E-state index in [2.05, 4.69) is 53.5 Å². The molecular formula is C32H33ClN6O2. The Bertz CT molecular complexity index is 1830. The number of aliphatic hydroxyl groups is 1. The van der Waals surface area contributed by atoms with Gasteiger partial charge in [0.05, 0.1) is 22.9 Å². The first-order chi connectivity index (χ1) is 19.8. The van der Waals surface area contributed by atoms with Gasteiger partial charge in [-0.1, -0.05) is 56.3 Å². The summed E-state index contributed by atoms with van der Waals surface area (Å²) in [6.07, 6.45) is 2.64. The first-order valence-electron chi connectivity index (χ1n) is 13.9. The number of aromatic nitrogens is 4. The maximum Gasteiger partial charge on any atom is 0.354 e. The van der Waals surface area contributed by atoms with E-state index in [1.54, 1.807) is 4.57 Å². The Hall–Kier alpha value is -3.98. The molecule has 0 amide bonds. The van der Waals surface area contributed by atoms with Crippen LogP contribution in [0.2, 0.25) is 5.02 Å². The largest absolute Gasteiger partial charge is 0.375 e. The number of hydrogen-bond donors (Lipinski definition) is 2. The van der Waals surface area contributed by atoms with Crippen molar-refractivity contribution in [2.75, 3.05) is 31.1 Å². The van der Waals surface area contributed by atoms with Crippen molar-refractivity contribution < 1.29 is 5.11 Å². The molecule has 210 valence electrons. The van der Waals surface area contributed by atoms with Crippen LogP contribution >= 0.6 is 11.6 Å². The normalized spacial score (nSPS) is 15.2. The molecule has 0 spiro atoms. The van der Waals surface area contributed by atoms with Crippen LogP contribution in [0, 0.1) is 6.92 Å². The molecule has 0 radical (unpaired) electrons. The summed E-state index contributed by atoms with van der Waals surface area (Å²) >= 11 is 7.07. The predicted octanol–water partition coefficient (Wildman–Crippen LogP) is 5.64. The van der Waals surface area contributed by atoms with E-state index in [9.17, 15) is 9.90 Å². The van der Waals surface area contributed by atoms with Gasteiger partial charge in [0.1, 0.15) is 12.0 Å². The number of aliphatic hydroxyl groups excluding tert-OH is 1. The van der Waals surface area contributed by atoms with E-state index in [-0.39, 0.29) is 11.6 Å². The van der Waals surface area contributed by atoms with Crippen LogP contribution in [0.5, 0.6) is 0 Å². The Labute approximate surface area is 243 Å².